The molecule has 1 aromatic carbocycles. The summed E-state index contributed by atoms with van der Waals surface area (Å²) in [6.45, 7) is 2.02. The predicted molar refractivity (Wildman–Crippen MR) is 78.7 cm³/mol. The number of carbonyl (C=O) groups is 1. The zero-order valence-corrected chi connectivity index (χ0v) is 12.2. The van der Waals surface area contributed by atoms with Crippen molar-refractivity contribution in [3.63, 3.8) is 0 Å². The summed E-state index contributed by atoms with van der Waals surface area (Å²) in [7, 11) is 1.49. The minimum absolute atomic E-state index is 0.0194. The molecule has 3 heteroatoms. The van der Waals surface area contributed by atoms with E-state index in [1.165, 1.54) is 37.5 Å². The number of fused-ring (bicyclic) bond motifs is 1. The van der Waals surface area contributed by atoms with Gasteiger partial charge in [-0.2, -0.15) is 0 Å². The van der Waals surface area contributed by atoms with E-state index in [0.717, 1.165) is 25.9 Å². The van der Waals surface area contributed by atoms with Gasteiger partial charge in [-0.3, -0.25) is 9.69 Å². The normalized spacial score (nSPS) is 26.2. The molecule has 2 aliphatic rings. The molecule has 0 bridgehead atoms. The average Bonchev–Trinajstić information content (AvgIpc) is 2.95. The van der Waals surface area contributed by atoms with Gasteiger partial charge in [-0.1, -0.05) is 24.3 Å². The molecule has 20 heavy (non-hydrogen) atoms. The third-order valence-electron chi connectivity index (χ3n) is 4.79. The fourth-order valence-corrected chi connectivity index (χ4v) is 3.77. The van der Waals surface area contributed by atoms with Crippen LogP contribution in [0.25, 0.3) is 0 Å². The molecule has 0 N–H and O–H groups in total. The van der Waals surface area contributed by atoms with E-state index in [2.05, 4.69) is 29.2 Å². The lowest BCUT2D eigenvalue weighted by molar-refractivity contribution is -0.145. The van der Waals surface area contributed by atoms with Crippen molar-refractivity contribution in [1.82, 2.24) is 4.90 Å². The van der Waals surface area contributed by atoms with Crippen LogP contribution in [0.3, 0.4) is 0 Å². The van der Waals surface area contributed by atoms with Gasteiger partial charge in [0.15, 0.2) is 0 Å². The van der Waals surface area contributed by atoms with Crippen LogP contribution >= 0.6 is 0 Å². The second kappa shape index (κ2) is 5.96. The van der Waals surface area contributed by atoms with Gasteiger partial charge < -0.3 is 4.74 Å². The Morgan fingerprint density at radius 2 is 2.15 bits per heavy atom. The lowest BCUT2D eigenvalue weighted by Gasteiger charge is -2.31. The number of nitrogens with zero attached hydrogens (tertiary/aromatic N) is 1. The third kappa shape index (κ3) is 2.59. The SMILES string of the molecule is COC(=O)C1CCCN1CC1CCCc2ccccc21. The highest BCUT2D eigenvalue weighted by atomic mass is 16.5. The van der Waals surface area contributed by atoms with E-state index >= 15 is 0 Å². The summed E-state index contributed by atoms with van der Waals surface area (Å²) >= 11 is 0. The summed E-state index contributed by atoms with van der Waals surface area (Å²) < 4.78 is 4.94. The Hall–Kier alpha value is -1.35. The molecule has 3 rings (SSSR count). The van der Waals surface area contributed by atoms with Crippen LogP contribution in [0.1, 0.15) is 42.7 Å². The molecule has 1 fully saturated rings. The monoisotopic (exact) mass is 273 g/mol. The van der Waals surface area contributed by atoms with E-state index < -0.39 is 0 Å². The van der Waals surface area contributed by atoms with Crippen molar-refractivity contribution in [2.24, 2.45) is 0 Å². The second-order valence-corrected chi connectivity index (χ2v) is 5.96. The van der Waals surface area contributed by atoms with Crippen molar-refractivity contribution >= 4 is 5.97 Å². The van der Waals surface area contributed by atoms with E-state index in [1.54, 1.807) is 0 Å². The maximum absolute atomic E-state index is 11.8. The fourth-order valence-electron chi connectivity index (χ4n) is 3.77. The fraction of sp³-hybridized carbons (Fsp3) is 0.588. The van der Waals surface area contributed by atoms with Crippen LogP contribution in [-0.4, -0.2) is 37.1 Å². The smallest absolute Gasteiger partial charge is 0.323 e. The number of carbonyl (C=O) groups excluding carboxylic acids is 1. The number of hydrogen-bond acceptors (Lipinski definition) is 3. The summed E-state index contributed by atoms with van der Waals surface area (Å²) in [5.41, 5.74) is 2.99. The highest BCUT2D eigenvalue weighted by Crippen LogP contribution is 2.33. The van der Waals surface area contributed by atoms with Gasteiger partial charge in [0, 0.05) is 6.54 Å². The number of hydrogen-bond donors (Lipinski definition) is 0. The molecular weight excluding hydrogens is 250 g/mol. The third-order valence-corrected chi connectivity index (χ3v) is 4.79. The van der Waals surface area contributed by atoms with Crippen LogP contribution < -0.4 is 0 Å². The number of esters is 1. The molecule has 0 aromatic heterocycles. The first-order valence-corrected chi connectivity index (χ1v) is 7.69. The van der Waals surface area contributed by atoms with Crippen molar-refractivity contribution in [2.45, 2.75) is 44.1 Å². The maximum Gasteiger partial charge on any atom is 0.323 e. The number of ether oxygens (including phenoxy) is 1. The predicted octanol–water partition coefficient (Wildman–Crippen LogP) is 2.74. The lowest BCUT2D eigenvalue weighted by atomic mass is 9.82. The highest BCUT2D eigenvalue weighted by Gasteiger charge is 2.33. The topological polar surface area (TPSA) is 29.5 Å². The van der Waals surface area contributed by atoms with Crippen molar-refractivity contribution in [2.75, 3.05) is 20.2 Å². The van der Waals surface area contributed by atoms with Gasteiger partial charge in [-0.25, -0.2) is 0 Å². The van der Waals surface area contributed by atoms with Crippen LogP contribution in [-0.2, 0) is 16.0 Å². The number of benzene rings is 1. The first-order chi connectivity index (χ1) is 9.79. The first-order valence-electron chi connectivity index (χ1n) is 7.69. The largest absolute Gasteiger partial charge is 0.468 e. The Balaban J connectivity index is 1.74. The molecule has 1 heterocycles. The molecule has 0 spiro atoms. The highest BCUT2D eigenvalue weighted by molar-refractivity contribution is 5.76. The maximum atomic E-state index is 11.8. The van der Waals surface area contributed by atoms with E-state index in [1.807, 2.05) is 0 Å². The molecule has 0 saturated carbocycles. The molecule has 2 atom stereocenters. The van der Waals surface area contributed by atoms with Gasteiger partial charge >= 0.3 is 5.97 Å². The summed E-state index contributed by atoms with van der Waals surface area (Å²) in [5.74, 6) is 0.511. The number of methoxy groups -OCH3 is 1. The number of aryl methyl sites for hydroxylation is 1. The van der Waals surface area contributed by atoms with Crippen molar-refractivity contribution in [3.05, 3.63) is 35.4 Å². The van der Waals surface area contributed by atoms with Crippen molar-refractivity contribution in [1.29, 1.82) is 0 Å². The van der Waals surface area contributed by atoms with Crippen molar-refractivity contribution < 1.29 is 9.53 Å². The van der Waals surface area contributed by atoms with Crippen molar-refractivity contribution in [3.8, 4) is 0 Å². The molecule has 1 aromatic rings. The van der Waals surface area contributed by atoms with Gasteiger partial charge in [0.05, 0.1) is 7.11 Å². The molecule has 1 aliphatic carbocycles. The Morgan fingerprint density at radius 1 is 1.30 bits per heavy atom. The molecule has 1 aliphatic heterocycles. The standard InChI is InChI=1S/C17H23NO2/c1-20-17(19)16-10-5-11-18(16)12-14-8-4-7-13-6-2-3-9-15(13)14/h2-3,6,9,14,16H,4-5,7-8,10-12H2,1H3. The van der Waals surface area contributed by atoms with Gasteiger partial charge in [0.1, 0.15) is 6.04 Å². The van der Waals surface area contributed by atoms with Gasteiger partial charge in [0.25, 0.3) is 0 Å². The molecule has 0 radical (unpaired) electrons. The summed E-state index contributed by atoms with van der Waals surface area (Å²) in [5, 5.41) is 0. The van der Waals surface area contributed by atoms with Gasteiger partial charge in [0.2, 0.25) is 0 Å². The van der Waals surface area contributed by atoms with Gasteiger partial charge in [-0.15, -0.1) is 0 Å². The molecular formula is C17H23NO2. The average molecular weight is 273 g/mol. The summed E-state index contributed by atoms with van der Waals surface area (Å²) in [6, 6.07) is 8.77. The minimum Gasteiger partial charge on any atom is -0.468 e. The van der Waals surface area contributed by atoms with Gasteiger partial charge in [-0.05, 0) is 55.7 Å². The van der Waals surface area contributed by atoms with Crippen LogP contribution in [0.5, 0.6) is 0 Å². The zero-order valence-electron chi connectivity index (χ0n) is 12.2. The van der Waals surface area contributed by atoms with Crippen LogP contribution in [0.4, 0.5) is 0 Å². The van der Waals surface area contributed by atoms with Crippen LogP contribution in [0.2, 0.25) is 0 Å². The number of rotatable bonds is 3. The summed E-state index contributed by atoms with van der Waals surface area (Å²) in [6.07, 6.45) is 5.75. The molecule has 108 valence electrons. The Morgan fingerprint density at radius 3 is 3.00 bits per heavy atom. The van der Waals surface area contributed by atoms with E-state index in [-0.39, 0.29) is 12.0 Å². The first kappa shape index (κ1) is 13.6. The lowest BCUT2D eigenvalue weighted by Crippen LogP contribution is -2.39. The zero-order chi connectivity index (χ0) is 13.9. The quantitative estimate of drug-likeness (QED) is 0.793. The van der Waals surface area contributed by atoms with Crippen LogP contribution in [0.15, 0.2) is 24.3 Å². The number of likely N-dealkylation sites (tertiary alicyclic amines) is 1. The molecule has 0 amide bonds. The Bertz CT molecular complexity index is 486. The van der Waals surface area contributed by atoms with E-state index in [9.17, 15) is 4.79 Å². The van der Waals surface area contributed by atoms with E-state index in [4.69, 9.17) is 4.74 Å². The second-order valence-electron chi connectivity index (χ2n) is 5.96. The summed E-state index contributed by atoms with van der Waals surface area (Å²) in [4.78, 5) is 14.2. The Kier molecular flexibility index (Phi) is 4.06. The molecule has 1 saturated heterocycles. The molecule has 2 unspecified atom stereocenters. The van der Waals surface area contributed by atoms with E-state index in [0.29, 0.717) is 5.92 Å². The van der Waals surface area contributed by atoms with Crippen LogP contribution in [0, 0.1) is 0 Å². The Labute approximate surface area is 120 Å². The molecule has 3 nitrogen and oxygen atoms in total. The minimum atomic E-state index is -0.0633.